The van der Waals surface area contributed by atoms with Crippen molar-refractivity contribution in [3.63, 3.8) is 0 Å². The number of hydrogen-bond donors (Lipinski definition) is 0. The van der Waals surface area contributed by atoms with Crippen molar-refractivity contribution < 1.29 is 17.3 Å². The standard InChI is InChI=1S/C16H20O4S2/c1-3-14-7-10-16(21-14)19-11-4-12-20-22(17,18)15-8-5-13(2)6-9-15/h5-10H,3-4,11-12H2,1-2H3. The molecule has 0 saturated heterocycles. The van der Waals surface area contributed by atoms with Gasteiger partial charge in [-0.05, 0) is 37.6 Å². The van der Waals surface area contributed by atoms with Crippen LogP contribution in [0.1, 0.15) is 23.8 Å². The summed E-state index contributed by atoms with van der Waals surface area (Å²) >= 11 is 1.61. The normalized spacial score (nSPS) is 11.5. The zero-order chi connectivity index (χ0) is 16.0. The molecule has 1 heterocycles. The van der Waals surface area contributed by atoms with Gasteiger partial charge in [0.25, 0.3) is 10.1 Å². The number of hydrogen-bond acceptors (Lipinski definition) is 5. The molecular weight excluding hydrogens is 320 g/mol. The fourth-order valence-electron chi connectivity index (χ4n) is 1.80. The number of ether oxygens (including phenoxy) is 1. The van der Waals surface area contributed by atoms with Crippen molar-refractivity contribution >= 4 is 21.5 Å². The maximum atomic E-state index is 12.0. The fourth-order valence-corrected chi connectivity index (χ4v) is 3.56. The smallest absolute Gasteiger partial charge is 0.296 e. The first kappa shape index (κ1) is 17.0. The van der Waals surface area contributed by atoms with Crippen LogP contribution in [0.25, 0.3) is 0 Å². The SMILES string of the molecule is CCc1ccc(OCCCOS(=O)(=O)c2ccc(C)cc2)s1. The lowest BCUT2D eigenvalue weighted by Gasteiger charge is -2.06. The van der Waals surface area contributed by atoms with E-state index in [0.717, 1.165) is 17.0 Å². The Morgan fingerprint density at radius 3 is 2.41 bits per heavy atom. The van der Waals surface area contributed by atoms with Crippen molar-refractivity contribution in [3.05, 3.63) is 46.8 Å². The molecule has 6 heteroatoms. The van der Waals surface area contributed by atoms with E-state index >= 15 is 0 Å². The molecule has 0 radical (unpaired) electrons. The molecule has 0 atom stereocenters. The van der Waals surface area contributed by atoms with Crippen LogP contribution in [-0.2, 0) is 20.7 Å². The van der Waals surface area contributed by atoms with E-state index in [-0.39, 0.29) is 11.5 Å². The van der Waals surface area contributed by atoms with Crippen LogP contribution in [0.5, 0.6) is 5.06 Å². The molecule has 1 aromatic carbocycles. The Balaban J connectivity index is 1.74. The van der Waals surface area contributed by atoms with Gasteiger partial charge in [-0.2, -0.15) is 8.42 Å². The van der Waals surface area contributed by atoms with Crippen LogP contribution in [0.4, 0.5) is 0 Å². The lowest BCUT2D eigenvalue weighted by Crippen LogP contribution is -2.10. The average Bonchev–Trinajstić information content (AvgIpc) is 2.95. The minimum atomic E-state index is -3.67. The van der Waals surface area contributed by atoms with Crippen molar-refractivity contribution in [1.82, 2.24) is 0 Å². The van der Waals surface area contributed by atoms with E-state index in [4.69, 9.17) is 8.92 Å². The minimum Gasteiger partial charge on any atom is -0.484 e. The predicted molar refractivity (Wildman–Crippen MR) is 88.1 cm³/mol. The highest BCUT2D eigenvalue weighted by molar-refractivity contribution is 7.86. The van der Waals surface area contributed by atoms with Crippen molar-refractivity contribution in [2.75, 3.05) is 13.2 Å². The highest BCUT2D eigenvalue weighted by Gasteiger charge is 2.14. The van der Waals surface area contributed by atoms with Crippen molar-refractivity contribution in [1.29, 1.82) is 0 Å². The summed E-state index contributed by atoms with van der Waals surface area (Å²) in [6.45, 7) is 4.55. The van der Waals surface area contributed by atoms with Crippen molar-refractivity contribution in [3.8, 4) is 5.06 Å². The summed E-state index contributed by atoms with van der Waals surface area (Å²) in [6.07, 6.45) is 1.51. The van der Waals surface area contributed by atoms with Gasteiger partial charge in [0.05, 0.1) is 18.1 Å². The Bertz CT molecular complexity index is 687. The summed E-state index contributed by atoms with van der Waals surface area (Å²) in [4.78, 5) is 1.46. The molecule has 0 fully saturated rings. The van der Waals surface area contributed by atoms with Gasteiger partial charge < -0.3 is 4.74 Å². The first-order chi connectivity index (χ1) is 10.5. The lowest BCUT2D eigenvalue weighted by atomic mass is 10.2. The summed E-state index contributed by atoms with van der Waals surface area (Å²) in [6, 6.07) is 10.6. The maximum absolute atomic E-state index is 12.0. The average molecular weight is 340 g/mol. The van der Waals surface area contributed by atoms with Crippen LogP contribution < -0.4 is 4.74 Å². The molecular formula is C16H20O4S2. The topological polar surface area (TPSA) is 52.6 Å². The Hall–Kier alpha value is -1.37. The van der Waals surface area contributed by atoms with E-state index in [1.54, 1.807) is 35.6 Å². The van der Waals surface area contributed by atoms with Gasteiger partial charge in [0.15, 0.2) is 5.06 Å². The van der Waals surface area contributed by atoms with Gasteiger partial charge in [-0.3, -0.25) is 4.18 Å². The van der Waals surface area contributed by atoms with Gasteiger partial charge >= 0.3 is 0 Å². The Morgan fingerprint density at radius 2 is 1.77 bits per heavy atom. The predicted octanol–water partition coefficient (Wildman–Crippen LogP) is 3.79. The third-order valence-electron chi connectivity index (χ3n) is 3.07. The second-order valence-corrected chi connectivity index (χ2v) is 7.61. The van der Waals surface area contributed by atoms with Gasteiger partial charge in [0.1, 0.15) is 0 Å². The molecule has 2 aromatic rings. The summed E-state index contributed by atoms with van der Waals surface area (Å²) < 4.78 is 34.5. The molecule has 0 bridgehead atoms. The lowest BCUT2D eigenvalue weighted by molar-refractivity contribution is 0.254. The highest BCUT2D eigenvalue weighted by atomic mass is 32.2. The number of thiophene rings is 1. The van der Waals surface area contributed by atoms with Gasteiger partial charge in [-0.15, -0.1) is 11.3 Å². The molecule has 0 aliphatic carbocycles. The van der Waals surface area contributed by atoms with Crippen LogP contribution in [0, 0.1) is 6.92 Å². The van der Waals surface area contributed by atoms with Gasteiger partial charge in [-0.25, -0.2) is 0 Å². The van der Waals surface area contributed by atoms with Crippen molar-refractivity contribution in [2.45, 2.75) is 31.6 Å². The molecule has 0 N–H and O–H groups in total. The largest absolute Gasteiger partial charge is 0.484 e. The zero-order valence-electron chi connectivity index (χ0n) is 12.7. The molecule has 120 valence electrons. The summed E-state index contributed by atoms with van der Waals surface area (Å²) in [7, 11) is -3.67. The Kier molecular flexibility index (Phi) is 5.99. The van der Waals surface area contributed by atoms with E-state index in [2.05, 4.69) is 6.92 Å². The van der Waals surface area contributed by atoms with E-state index in [0.29, 0.717) is 13.0 Å². The van der Waals surface area contributed by atoms with E-state index in [1.807, 2.05) is 19.1 Å². The van der Waals surface area contributed by atoms with Crippen LogP contribution in [-0.4, -0.2) is 21.6 Å². The Labute approximate surface area is 135 Å². The molecule has 0 unspecified atom stereocenters. The third kappa shape index (κ3) is 4.83. The third-order valence-corrected chi connectivity index (χ3v) is 5.54. The quantitative estimate of drug-likeness (QED) is 0.542. The molecule has 0 aliphatic rings. The van der Waals surface area contributed by atoms with Crippen LogP contribution in [0.2, 0.25) is 0 Å². The fraction of sp³-hybridized carbons (Fsp3) is 0.375. The van der Waals surface area contributed by atoms with E-state index in [1.165, 1.54) is 4.88 Å². The molecule has 0 saturated carbocycles. The van der Waals surface area contributed by atoms with E-state index < -0.39 is 10.1 Å². The van der Waals surface area contributed by atoms with Crippen molar-refractivity contribution in [2.24, 2.45) is 0 Å². The molecule has 0 amide bonds. The zero-order valence-corrected chi connectivity index (χ0v) is 14.4. The van der Waals surface area contributed by atoms with Crippen LogP contribution in [0.3, 0.4) is 0 Å². The second kappa shape index (κ2) is 7.76. The number of benzene rings is 1. The van der Waals surface area contributed by atoms with Crippen LogP contribution in [0.15, 0.2) is 41.3 Å². The molecule has 22 heavy (non-hydrogen) atoms. The number of aryl methyl sites for hydroxylation is 2. The van der Waals surface area contributed by atoms with E-state index in [9.17, 15) is 8.42 Å². The maximum Gasteiger partial charge on any atom is 0.296 e. The monoisotopic (exact) mass is 340 g/mol. The van der Waals surface area contributed by atoms with Gasteiger partial charge in [-0.1, -0.05) is 24.6 Å². The minimum absolute atomic E-state index is 0.113. The van der Waals surface area contributed by atoms with Crippen LogP contribution >= 0.6 is 11.3 Å². The molecule has 1 aromatic heterocycles. The number of rotatable bonds is 8. The summed E-state index contributed by atoms with van der Waals surface area (Å²) in [5, 5.41) is 0.859. The Morgan fingerprint density at radius 1 is 1.05 bits per heavy atom. The summed E-state index contributed by atoms with van der Waals surface area (Å²) in [5.41, 5.74) is 1.01. The first-order valence-corrected chi connectivity index (χ1v) is 9.41. The molecule has 0 aliphatic heterocycles. The first-order valence-electron chi connectivity index (χ1n) is 7.19. The molecule has 2 rings (SSSR count). The highest BCUT2D eigenvalue weighted by Crippen LogP contribution is 2.24. The van der Waals surface area contributed by atoms with Gasteiger partial charge in [0.2, 0.25) is 0 Å². The second-order valence-electron chi connectivity index (χ2n) is 4.87. The van der Waals surface area contributed by atoms with Gasteiger partial charge in [0, 0.05) is 11.3 Å². The molecule has 0 spiro atoms. The summed E-state index contributed by atoms with van der Waals surface area (Å²) in [5.74, 6) is 0. The molecule has 4 nitrogen and oxygen atoms in total.